The molecule has 0 aromatic carbocycles. The summed E-state index contributed by atoms with van der Waals surface area (Å²) in [7, 11) is 0. The smallest absolute Gasteiger partial charge is 0.372 e. The number of carboxylic acids is 1. The number of carbonyl (C=O) groups excluding carboxylic acids is 3. The number of esters is 2. The van der Waals surface area contributed by atoms with Crippen molar-refractivity contribution in [3.05, 3.63) is 0 Å². The number of carboxylic acid groups (broad SMARTS) is 1. The average molecular weight is 727 g/mol. The van der Waals surface area contributed by atoms with E-state index in [2.05, 4.69) is 6.92 Å². The van der Waals surface area contributed by atoms with Crippen LogP contribution < -0.4 is 0 Å². The number of ketones is 1. The molecular formula is C34H62O16. The lowest BCUT2D eigenvalue weighted by Crippen LogP contribution is -2.17. The van der Waals surface area contributed by atoms with Gasteiger partial charge < -0.3 is 57.2 Å². The minimum absolute atomic E-state index is 0.0109. The third-order valence-corrected chi connectivity index (χ3v) is 6.49. The maximum atomic E-state index is 11.7. The van der Waals surface area contributed by atoms with E-state index in [9.17, 15) is 19.2 Å². The highest BCUT2D eigenvalue weighted by atomic mass is 16.6. The van der Waals surface area contributed by atoms with E-state index in [0.717, 1.165) is 12.8 Å². The number of rotatable bonds is 41. The third kappa shape index (κ3) is 38.5. The van der Waals surface area contributed by atoms with Crippen LogP contribution in [0, 0.1) is 0 Å². The zero-order valence-corrected chi connectivity index (χ0v) is 30.1. The van der Waals surface area contributed by atoms with Crippen molar-refractivity contribution in [3.8, 4) is 0 Å². The van der Waals surface area contributed by atoms with Gasteiger partial charge in [0.25, 0.3) is 0 Å². The molecule has 0 aliphatic carbocycles. The molecule has 50 heavy (non-hydrogen) atoms. The fourth-order valence-electron chi connectivity index (χ4n) is 3.81. The Morgan fingerprint density at radius 2 is 0.640 bits per heavy atom. The number of carbonyl (C=O) groups is 4. The lowest BCUT2D eigenvalue weighted by Gasteiger charge is -2.09. The number of Topliss-reactive ketones (excluding diaryl/α,β-unsaturated/α-hetero) is 1. The number of hydrogen-bond donors (Lipinski definition) is 1. The van der Waals surface area contributed by atoms with Crippen LogP contribution in [0.15, 0.2) is 0 Å². The van der Waals surface area contributed by atoms with Crippen molar-refractivity contribution in [2.75, 3.05) is 132 Å². The van der Waals surface area contributed by atoms with E-state index in [1.54, 1.807) is 0 Å². The molecule has 0 spiro atoms. The highest BCUT2D eigenvalue weighted by Gasteiger charge is 2.14. The Bertz CT molecular complexity index is 797. The highest BCUT2D eigenvalue weighted by molar-refractivity contribution is 6.32. The molecule has 16 nitrogen and oxygen atoms in total. The van der Waals surface area contributed by atoms with Crippen molar-refractivity contribution in [3.63, 3.8) is 0 Å². The van der Waals surface area contributed by atoms with Crippen LogP contribution in [0.3, 0.4) is 0 Å². The van der Waals surface area contributed by atoms with Gasteiger partial charge in [-0.25, -0.2) is 4.79 Å². The molecule has 294 valence electrons. The molecule has 0 bridgehead atoms. The molecule has 0 radical (unpaired) electrons. The molecule has 0 fully saturated rings. The van der Waals surface area contributed by atoms with Gasteiger partial charge in [-0.3, -0.25) is 14.4 Å². The van der Waals surface area contributed by atoms with E-state index in [1.165, 1.54) is 25.7 Å². The molecule has 0 aromatic heterocycles. The van der Waals surface area contributed by atoms with Gasteiger partial charge in [0.1, 0.15) is 13.2 Å². The van der Waals surface area contributed by atoms with Crippen molar-refractivity contribution < 1.29 is 76.4 Å². The Morgan fingerprint density at radius 1 is 0.360 bits per heavy atom. The minimum Gasteiger partial charge on any atom is -0.476 e. The fourth-order valence-corrected chi connectivity index (χ4v) is 3.81. The molecule has 1 N–H and O–H groups in total. The van der Waals surface area contributed by atoms with E-state index in [1.807, 2.05) is 0 Å². The van der Waals surface area contributed by atoms with E-state index in [4.69, 9.17) is 57.2 Å². The summed E-state index contributed by atoms with van der Waals surface area (Å²) in [5.41, 5.74) is 0. The summed E-state index contributed by atoms with van der Waals surface area (Å²) in [6.45, 7) is 9.94. The number of ether oxygens (including phenoxy) is 11. The van der Waals surface area contributed by atoms with Crippen LogP contribution in [0.2, 0.25) is 0 Å². The van der Waals surface area contributed by atoms with Crippen molar-refractivity contribution in [1.29, 1.82) is 0 Å². The van der Waals surface area contributed by atoms with Gasteiger partial charge in [0.05, 0.1) is 125 Å². The normalized spacial score (nSPS) is 11.1. The minimum atomic E-state index is -1.56. The topological polar surface area (TPSA) is 190 Å². The molecular weight excluding hydrogens is 664 g/mol. The fraction of sp³-hybridized carbons (Fsp3) is 0.882. The Labute approximate surface area is 296 Å². The van der Waals surface area contributed by atoms with E-state index in [-0.39, 0.29) is 38.6 Å². The van der Waals surface area contributed by atoms with Gasteiger partial charge in [0, 0.05) is 12.8 Å². The highest BCUT2D eigenvalue weighted by Crippen LogP contribution is 2.07. The van der Waals surface area contributed by atoms with Crippen LogP contribution in [0.5, 0.6) is 0 Å². The van der Waals surface area contributed by atoms with Crippen molar-refractivity contribution >= 4 is 23.7 Å². The molecule has 0 aliphatic heterocycles. The molecule has 0 saturated heterocycles. The molecule has 0 rings (SSSR count). The van der Waals surface area contributed by atoms with Crippen LogP contribution >= 0.6 is 0 Å². The summed E-state index contributed by atoms with van der Waals surface area (Å²) >= 11 is 0. The summed E-state index contributed by atoms with van der Waals surface area (Å²) in [5, 5.41) is 8.44. The molecule has 0 amide bonds. The summed E-state index contributed by atoms with van der Waals surface area (Å²) < 4.78 is 58.7. The Balaban J connectivity index is 3.16. The first-order valence-corrected chi connectivity index (χ1v) is 17.7. The number of aliphatic carboxylic acids is 1. The molecule has 0 aromatic rings. The predicted molar refractivity (Wildman–Crippen MR) is 179 cm³/mol. The third-order valence-electron chi connectivity index (χ3n) is 6.49. The Morgan fingerprint density at radius 3 is 0.960 bits per heavy atom. The first kappa shape index (κ1) is 47.7. The van der Waals surface area contributed by atoms with Crippen LogP contribution in [0.25, 0.3) is 0 Å². The number of unbranched alkanes of at least 4 members (excludes halogenated alkanes) is 5. The summed E-state index contributed by atoms with van der Waals surface area (Å²) in [5.74, 6) is -3.40. The summed E-state index contributed by atoms with van der Waals surface area (Å²) in [6.07, 6.45) is 6.68. The van der Waals surface area contributed by atoms with Crippen molar-refractivity contribution in [2.45, 2.75) is 64.7 Å². The standard InChI is InChI=1S/C34H62O16/c1-2-3-4-5-6-7-8-32(36)49-29-27-47-25-23-45-21-19-43-17-15-41-13-11-40-12-14-42-16-18-44-20-22-46-24-26-48-28-30-50-33(37)10-9-31(35)34(38)39/h2-30H2,1H3,(H,38,39). The quantitative estimate of drug-likeness (QED) is 0.0549. The van der Waals surface area contributed by atoms with Gasteiger partial charge in [-0.05, 0) is 6.42 Å². The second kappa shape index (κ2) is 39.5. The van der Waals surface area contributed by atoms with E-state index < -0.39 is 17.7 Å². The Hall–Kier alpha value is -2.28. The van der Waals surface area contributed by atoms with Crippen LogP contribution in [0.1, 0.15) is 64.7 Å². The molecule has 0 saturated carbocycles. The number of hydrogen-bond acceptors (Lipinski definition) is 15. The lowest BCUT2D eigenvalue weighted by molar-refractivity contribution is -0.151. The van der Waals surface area contributed by atoms with Crippen LogP contribution in [-0.4, -0.2) is 161 Å². The second-order valence-electron chi connectivity index (χ2n) is 10.7. The van der Waals surface area contributed by atoms with Gasteiger partial charge >= 0.3 is 17.9 Å². The predicted octanol–water partition coefficient (Wildman–Crippen LogP) is 2.41. The van der Waals surface area contributed by atoms with Crippen LogP contribution in [0.4, 0.5) is 0 Å². The zero-order valence-electron chi connectivity index (χ0n) is 30.1. The average Bonchev–Trinajstić information content (AvgIpc) is 3.10. The molecule has 0 atom stereocenters. The van der Waals surface area contributed by atoms with Gasteiger partial charge in [-0.1, -0.05) is 39.0 Å². The first-order valence-electron chi connectivity index (χ1n) is 17.7. The van der Waals surface area contributed by atoms with Crippen molar-refractivity contribution in [2.24, 2.45) is 0 Å². The van der Waals surface area contributed by atoms with Crippen molar-refractivity contribution in [1.82, 2.24) is 0 Å². The second-order valence-corrected chi connectivity index (χ2v) is 10.7. The van der Waals surface area contributed by atoms with Crippen LogP contribution in [-0.2, 0) is 71.3 Å². The first-order chi connectivity index (χ1) is 24.5. The SMILES string of the molecule is CCCCCCCCC(=O)OCCOCCOCCOCCOCCOCCOCCOCCOCCOCCOC(=O)CCC(=O)C(=O)O. The maximum Gasteiger partial charge on any atom is 0.372 e. The van der Waals surface area contributed by atoms with Gasteiger partial charge in [-0.15, -0.1) is 0 Å². The van der Waals surface area contributed by atoms with Gasteiger partial charge in [-0.2, -0.15) is 0 Å². The summed E-state index contributed by atoms with van der Waals surface area (Å²) in [6, 6.07) is 0. The lowest BCUT2D eigenvalue weighted by atomic mass is 10.1. The van der Waals surface area contributed by atoms with Gasteiger partial charge in [0.15, 0.2) is 0 Å². The van der Waals surface area contributed by atoms with E-state index >= 15 is 0 Å². The largest absolute Gasteiger partial charge is 0.476 e. The maximum absolute atomic E-state index is 11.7. The monoisotopic (exact) mass is 726 g/mol. The van der Waals surface area contributed by atoms with E-state index in [0.29, 0.717) is 119 Å². The Kier molecular flexibility index (Phi) is 37.7. The molecule has 0 heterocycles. The zero-order chi connectivity index (χ0) is 36.6. The molecule has 0 aliphatic rings. The summed E-state index contributed by atoms with van der Waals surface area (Å²) in [4.78, 5) is 44.3. The van der Waals surface area contributed by atoms with Gasteiger partial charge in [0.2, 0.25) is 5.78 Å². The molecule has 16 heteroatoms. The molecule has 0 unspecified atom stereocenters.